The Morgan fingerprint density at radius 2 is 2.12 bits per heavy atom. The normalized spacial score (nSPS) is 15.9. The fraction of sp³-hybridized carbons (Fsp3) is 0.176. The molecule has 0 saturated heterocycles. The highest BCUT2D eigenvalue weighted by molar-refractivity contribution is 7.09. The molecule has 7 heteroatoms. The number of thiophene rings is 1. The molecule has 1 aromatic carbocycles. The van der Waals surface area contributed by atoms with Gasteiger partial charge in [-0.3, -0.25) is 4.79 Å². The monoisotopic (exact) mass is 341 g/mol. The summed E-state index contributed by atoms with van der Waals surface area (Å²) in [4.78, 5) is 13.6. The van der Waals surface area contributed by atoms with Crippen LogP contribution in [0.2, 0.25) is 0 Å². The zero-order valence-electron chi connectivity index (χ0n) is 12.7. The number of hydrogen-bond acceptors (Lipinski definition) is 5. The van der Waals surface area contributed by atoms with Gasteiger partial charge in [-0.2, -0.15) is 5.10 Å². The highest BCUT2D eigenvalue weighted by Gasteiger charge is 2.27. The number of nitrogens with one attached hydrogen (secondary N) is 1. The highest BCUT2D eigenvalue weighted by atomic mass is 32.1. The average Bonchev–Trinajstić information content (AvgIpc) is 3.27. The van der Waals surface area contributed by atoms with Gasteiger partial charge in [0.1, 0.15) is 12.4 Å². The molecule has 1 amide bonds. The van der Waals surface area contributed by atoms with Gasteiger partial charge in [-0.25, -0.2) is 4.68 Å². The molecule has 0 bridgehead atoms. The Labute approximate surface area is 142 Å². The van der Waals surface area contributed by atoms with Crippen LogP contribution in [0.3, 0.4) is 0 Å². The summed E-state index contributed by atoms with van der Waals surface area (Å²) in [5, 5.41) is 9.14. The Hall–Kier alpha value is -2.80. The largest absolute Gasteiger partial charge is 0.485 e. The second kappa shape index (κ2) is 6.37. The van der Waals surface area contributed by atoms with Crippen LogP contribution in [0.15, 0.2) is 54.0 Å². The first kappa shape index (κ1) is 14.8. The third-order valence-electron chi connectivity index (χ3n) is 3.65. The van der Waals surface area contributed by atoms with Crippen LogP contribution in [0.25, 0.3) is 0 Å². The number of ether oxygens (including phenoxy) is 2. The van der Waals surface area contributed by atoms with Gasteiger partial charge in [-0.1, -0.05) is 18.2 Å². The van der Waals surface area contributed by atoms with Crippen molar-refractivity contribution >= 4 is 23.1 Å². The van der Waals surface area contributed by atoms with Crippen molar-refractivity contribution in [3.8, 4) is 11.5 Å². The number of nitrogens with zero attached hydrogens (tertiary/aromatic N) is 2. The van der Waals surface area contributed by atoms with Gasteiger partial charge in [0.2, 0.25) is 6.10 Å². The molecule has 0 radical (unpaired) electrons. The van der Waals surface area contributed by atoms with Crippen LogP contribution in [0.1, 0.15) is 4.88 Å². The summed E-state index contributed by atoms with van der Waals surface area (Å²) in [6, 6.07) is 13.1. The van der Waals surface area contributed by atoms with Gasteiger partial charge in [-0.15, -0.1) is 11.3 Å². The lowest BCUT2D eigenvalue weighted by molar-refractivity contribution is -0.125. The minimum atomic E-state index is -0.690. The maximum atomic E-state index is 12.5. The van der Waals surface area contributed by atoms with Gasteiger partial charge in [0, 0.05) is 10.9 Å². The molecule has 3 heterocycles. The fourth-order valence-electron chi connectivity index (χ4n) is 2.47. The molecule has 0 saturated carbocycles. The predicted octanol–water partition coefficient (Wildman–Crippen LogP) is 2.77. The molecule has 3 aromatic rings. The minimum Gasteiger partial charge on any atom is -0.485 e. The maximum Gasteiger partial charge on any atom is 0.270 e. The van der Waals surface area contributed by atoms with Gasteiger partial charge in [-0.05, 0) is 23.6 Å². The Kier molecular flexibility index (Phi) is 3.92. The smallest absolute Gasteiger partial charge is 0.270 e. The molecule has 24 heavy (non-hydrogen) atoms. The van der Waals surface area contributed by atoms with E-state index in [9.17, 15) is 4.79 Å². The molecule has 0 aliphatic carbocycles. The van der Waals surface area contributed by atoms with Crippen LogP contribution in [0, 0.1) is 0 Å². The summed E-state index contributed by atoms with van der Waals surface area (Å²) in [6.45, 7) is 0.799. The van der Waals surface area contributed by atoms with E-state index in [0.29, 0.717) is 23.9 Å². The fourth-order valence-corrected chi connectivity index (χ4v) is 3.16. The molecule has 2 aromatic heterocycles. The Morgan fingerprint density at radius 3 is 2.96 bits per heavy atom. The Balaban J connectivity index is 1.45. The van der Waals surface area contributed by atoms with Crippen molar-refractivity contribution in [3.63, 3.8) is 0 Å². The van der Waals surface area contributed by atoms with Crippen LogP contribution < -0.4 is 14.8 Å². The molecule has 1 N–H and O–H groups in total. The number of para-hydroxylation sites is 2. The topological polar surface area (TPSA) is 65.4 Å². The maximum absolute atomic E-state index is 12.5. The number of carbonyl (C=O) groups excluding carboxylic acids is 1. The number of fused-ring (bicyclic) bond motifs is 1. The van der Waals surface area contributed by atoms with Crippen molar-refractivity contribution in [2.75, 3.05) is 11.9 Å². The lowest BCUT2D eigenvalue weighted by Gasteiger charge is -2.25. The summed E-state index contributed by atoms with van der Waals surface area (Å²) >= 11 is 1.65. The van der Waals surface area contributed by atoms with E-state index >= 15 is 0 Å². The number of aromatic nitrogens is 2. The van der Waals surface area contributed by atoms with Gasteiger partial charge < -0.3 is 14.8 Å². The summed E-state index contributed by atoms with van der Waals surface area (Å²) < 4.78 is 13.1. The number of carbonyl (C=O) groups is 1. The summed E-state index contributed by atoms with van der Waals surface area (Å²) in [5.74, 6) is 1.62. The number of amides is 1. The molecule has 1 atom stereocenters. The van der Waals surface area contributed by atoms with E-state index in [4.69, 9.17) is 9.47 Å². The quantitative estimate of drug-likeness (QED) is 0.792. The summed E-state index contributed by atoms with van der Waals surface area (Å²) in [6.07, 6.45) is 0.974. The van der Waals surface area contributed by atoms with E-state index in [1.54, 1.807) is 34.3 Å². The van der Waals surface area contributed by atoms with Gasteiger partial charge >= 0.3 is 0 Å². The number of hydrogen-bond donors (Lipinski definition) is 1. The molecule has 1 aliphatic heterocycles. The molecule has 0 spiro atoms. The molecule has 122 valence electrons. The Bertz CT molecular complexity index is 844. The van der Waals surface area contributed by atoms with E-state index < -0.39 is 6.10 Å². The predicted molar refractivity (Wildman–Crippen MR) is 90.6 cm³/mol. The van der Waals surface area contributed by atoms with Crippen LogP contribution in [0.4, 0.5) is 5.82 Å². The van der Waals surface area contributed by atoms with E-state index in [0.717, 1.165) is 0 Å². The Morgan fingerprint density at radius 1 is 1.25 bits per heavy atom. The molecular formula is C17H15N3O3S. The van der Waals surface area contributed by atoms with E-state index in [-0.39, 0.29) is 12.5 Å². The summed E-state index contributed by atoms with van der Waals surface area (Å²) in [5.41, 5.74) is 0. The molecule has 4 rings (SSSR count). The van der Waals surface area contributed by atoms with E-state index in [1.807, 2.05) is 35.7 Å². The van der Waals surface area contributed by atoms with Crippen LogP contribution in [0.5, 0.6) is 11.5 Å². The first-order valence-electron chi connectivity index (χ1n) is 7.53. The second-order valence-corrected chi connectivity index (χ2v) is 6.34. The van der Waals surface area contributed by atoms with Crippen molar-refractivity contribution in [2.45, 2.75) is 12.6 Å². The molecule has 0 unspecified atom stereocenters. The number of anilines is 1. The van der Waals surface area contributed by atoms with Crippen LogP contribution >= 0.6 is 11.3 Å². The third-order valence-corrected chi connectivity index (χ3v) is 4.52. The lowest BCUT2D eigenvalue weighted by Crippen LogP contribution is -2.40. The van der Waals surface area contributed by atoms with Crippen molar-refractivity contribution in [1.29, 1.82) is 0 Å². The first-order valence-corrected chi connectivity index (χ1v) is 8.41. The first-order chi connectivity index (χ1) is 11.8. The van der Waals surface area contributed by atoms with Crippen LogP contribution in [-0.2, 0) is 11.3 Å². The third kappa shape index (κ3) is 2.98. The number of benzene rings is 1. The standard InChI is InChI=1S/C17H15N3O3S/c21-17(15-11-22-13-5-1-2-6-14(13)23-15)19-16-7-8-18-20(16)10-12-4-3-9-24-12/h1-9,15H,10-11H2,(H,19,21)/t15-/m1/s1. The van der Waals surface area contributed by atoms with Gasteiger partial charge in [0.05, 0.1) is 12.7 Å². The van der Waals surface area contributed by atoms with Crippen molar-refractivity contribution in [3.05, 3.63) is 58.9 Å². The SMILES string of the molecule is O=C(Nc1ccnn1Cc1cccs1)[C@H]1COc2ccccc2O1. The van der Waals surface area contributed by atoms with Crippen molar-refractivity contribution in [2.24, 2.45) is 0 Å². The highest BCUT2D eigenvalue weighted by Crippen LogP contribution is 2.31. The lowest BCUT2D eigenvalue weighted by atomic mass is 10.2. The second-order valence-electron chi connectivity index (χ2n) is 5.31. The van der Waals surface area contributed by atoms with E-state index in [1.165, 1.54) is 4.88 Å². The molecule has 6 nitrogen and oxygen atoms in total. The van der Waals surface area contributed by atoms with Gasteiger partial charge in [0.25, 0.3) is 5.91 Å². The van der Waals surface area contributed by atoms with Gasteiger partial charge in [0.15, 0.2) is 11.5 Å². The zero-order chi connectivity index (χ0) is 16.4. The van der Waals surface area contributed by atoms with Crippen molar-refractivity contribution in [1.82, 2.24) is 9.78 Å². The average molecular weight is 341 g/mol. The zero-order valence-corrected chi connectivity index (χ0v) is 13.5. The summed E-state index contributed by atoms with van der Waals surface area (Å²) in [7, 11) is 0. The van der Waals surface area contributed by atoms with E-state index in [2.05, 4.69) is 10.4 Å². The minimum absolute atomic E-state index is 0.182. The molecule has 1 aliphatic rings. The van der Waals surface area contributed by atoms with Crippen LogP contribution in [-0.4, -0.2) is 28.4 Å². The molecular weight excluding hydrogens is 326 g/mol. The number of rotatable bonds is 4. The molecule has 0 fully saturated rings. The van der Waals surface area contributed by atoms with Crippen molar-refractivity contribution < 1.29 is 14.3 Å².